The molecule has 1 N–H and O–H groups in total. The number of anilines is 1. The molecule has 166 valence electrons. The normalized spacial score (nSPS) is 19.9. The number of methoxy groups -OCH3 is 2. The van der Waals surface area contributed by atoms with Crippen molar-refractivity contribution in [3.05, 3.63) is 48.2 Å². The van der Waals surface area contributed by atoms with Crippen molar-refractivity contribution in [3.63, 3.8) is 0 Å². The number of allylic oxidation sites excluding steroid dienone is 2. The fraction of sp³-hybridized carbons (Fsp3) is 0.500. The SMILES string of the molecule is COc1cc(OC)cc(C(=O)Nc2ccnn2C2CCN(CC3CC=CCC3)CC2)c1. The van der Waals surface area contributed by atoms with Gasteiger partial charge in [0, 0.05) is 37.3 Å². The molecule has 1 aliphatic carbocycles. The van der Waals surface area contributed by atoms with E-state index < -0.39 is 0 Å². The predicted molar refractivity (Wildman–Crippen MR) is 121 cm³/mol. The van der Waals surface area contributed by atoms with E-state index in [1.807, 2.05) is 10.7 Å². The Morgan fingerprint density at radius 1 is 1.10 bits per heavy atom. The molecule has 1 atom stereocenters. The summed E-state index contributed by atoms with van der Waals surface area (Å²) in [5.41, 5.74) is 0.486. The van der Waals surface area contributed by atoms with Crippen molar-refractivity contribution >= 4 is 11.7 Å². The summed E-state index contributed by atoms with van der Waals surface area (Å²) >= 11 is 0. The predicted octanol–water partition coefficient (Wildman–Crippen LogP) is 4.15. The summed E-state index contributed by atoms with van der Waals surface area (Å²) in [6.07, 6.45) is 12.2. The quantitative estimate of drug-likeness (QED) is 0.677. The second-order valence-electron chi connectivity index (χ2n) is 8.40. The first-order valence-electron chi connectivity index (χ1n) is 11.1. The number of benzene rings is 1. The topological polar surface area (TPSA) is 68.6 Å². The van der Waals surface area contributed by atoms with E-state index in [1.165, 1.54) is 25.8 Å². The fourth-order valence-corrected chi connectivity index (χ4v) is 4.57. The van der Waals surface area contributed by atoms with Crippen LogP contribution in [0.1, 0.15) is 48.5 Å². The smallest absolute Gasteiger partial charge is 0.257 e. The molecule has 31 heavy (non-hydrogen) atoms. The number of nitrogens with one attached hydrogen (secondary N) is 1. The lowest BCUT2D eigenvalue weighted by Gasteiger charge is -2.35. The van der Waals surface area contributed by atoms with E-state index in [2.05, 4.69) is 27.5 Å². The van der Waals surface area contributed by atoms with E-state index in [1.54, 1.807) is 38.6 Å². The van der Waals surface area contributed by atoms with Gasteiger partial charge in [0.25, 0.3) is 5.91 Å². The Bertz CT molecular complexity index is 893. The molecule has 2 heterocycles. The monoisotopic (exact) mass is 424 g/mol. The summed E-state index contributed by atoms with van der Waals surface area (Å²) in [7, 11) is 3.14. The Balaban J connectivity index is 1.37. The number of likely N-dealkylation sites (tertiary alicyclic amines) is 1. The number of carbonyl (C=O) groups excluding carboxylic acids is 1. The van der Waals surface area contributed by atoms with Crippen LogP contribution in [-0.4, -0.2) is 54.4 Å². The summed E-state index contributed by atoms with van der Waals surface area (Å²) in [6.45, 7) is 3.34. The third kappa shape index (κ3) is 5.28. The lowest BCUT2D eigenvalue weighted by atomic mass is 9.93. The van der Waals surface area contributed by atoms with Gasteiger partial charge in [-0.05, 0) is 50.2 Å². The van der Waals surface area contributed by atoms with Crippen LogP contribution in [0.4, 0.5) is 5.82 Å². The Morgan fingerprint density at radius 2 is 1.84 bits per heavy atom. The van der Waals surface area contributed by atoms with E-state index in [4.69, 9.17) is 9.47 Å². The van der Waals surface area contributed by atoms with E-state index in [-0.39, 0.29) is 5.91 Å². The van der Waals surface area contributed by atoms with Gasteiger partial charge < -0.3 is 19.7 Å². The maximum atomic E-state index is 12.9. The van der Waals surface area contributed by atoms with Crippen LogP contribution in [0.5, 0.6) is 11.5 Å². The minimum atomic E-state index is -0.207. The maximum absolute atomic E-state index is 12.9. The van der Waals surface area contributed by atoms with Crippen LogP contribution in [0.15, 0.2) is 42.6 Å². The first-order valence-corrected chi connectivity index (χ1v) is 11.1. The molecule has 1 saturated heterocycles. The largest absolute Gasteiger partial charge is 0.497 e. The molecule has 4 rings (SSSR count). The van der Waals surface area contributed by atoms with Crippen molar-refractivity contribution in [2.75, 3.05) is 39.2 Å². The van der Waals surface area contributed by atoms with Gasteiger partial charge in [0.15, 0.2) is 0 Å². The van der Waals surface area contributed by atoms with Crippen molar-refractivity contribution in [2.45, 2.75) is 38.1 Å². The van der Waals surface area contributed by atoms with E-state index in [0.717, 1.165) is 37.7 Å². The number of hydrogen-bond donors (Lipinski definition) is 1. The molecule has 1 amide bonds. The Hall–Kier alpha value is -2.80. The molecule has 1 aliphatic heterocycles. The highest BCUT2D eigenvalue weighted by atomic mass is 16.5. The molecule has 0 saturated carbocycles. The van der Waals surface area contributed by atoms with Gasteiger partial charge in [-0.15, -0.1) is 0 Å². The van der Waals surface area contributed by atoms with Gasteiger partial charge >= 0.3 is 0 Å². The first kappa shape index (κ1) is 21.4. The van der Waals surface area contributed by atoms with Crippen molar-refractivity contribution in [3.8, 4) is 11.5 Å². The van der Waals surface area contributed by atoms with Gasteiger partial charge in [-0.1, -0.05) is 12.2 Å². The van der Waals surface area contributed by atoms with Crippen LogP contribution in [-0.2, 0) is 0 Å². The van der Waals surface area contributed by atoms with Gasteiger partial charge in [0.1, 0.15) is 17.3 Å². The number of nitrogens with zero attached hydrogens (tertiary/aromatic N) is 3. The van der Waals surface area contributed by atoms with Crippen molar-refractivity contribution in [1.29, 1.82) is 0 Å². The summed E-state index contributed by atoms with van der Waals surface area (Å²) in [5.74, 6) is 2.48. The molecule has 0 radical (unpaired) electrons. The highest BCUT2D eigenvalue weighted by Crippen LogP contribution is 2.28. The van der Waals surface area contributed by atoms with Crippen LogP contribution in [0.3, 0.4) is 0 Å². The molecular weight excluding hydrogens is 392 g/mol. The summed E-state index contributed by atoms with van der Waals surface area (Å²) in [5, 5.41) is 7.53. The Labute approximate surface area is 184 Å². The minimum absolute atomic E-state index is 0.207. The number of amides is 1. The molecule has 7 heteroatoms. The first-order chi connectivity index (χ1) is 15.2. The standard InChI is InChI=1S/C24H32N4O3/c1-30-21-14-19(15-22(16-21)31-2)24(29)26-23-8-11-25-28(23)20-9-12-27(13-10-20)17-18-6-4-3-5-7-18/h3-4,8,11,14-16,18,20H,5-7,9-10,12-13,17H2,1-2H3,(H,26,29). The molecule has 7 nitrogen and oxygen atoms in total. The zero-order valence-electron chi connectivity index (χ0n) is 18.4. The number of aromatic nitrogens is 2. The van der Waals surface area contributed by atoms with Crippen molar-refractivity contribution in [2.24, 2.45) is 5.92 Å². The highest BCUT2D eigenvalue weighted by Gasteiger charge is 2.25. The number of ether oxygens (including phenoxy) is 2. The van der Waals surface area contributed by atoms with Crippen molar-refractivity contribution in [1.82, 2.24) is 14.7 Å². The molecule has 1 aromatic carbocycles. The van der Waals surface area contributed by atoms with Crippen LogP contribution in [0.25, 0.3) is 0 Å². The van der Waals surface area contributed by atoms with Gasteiger partial charge in [0.05, 0.1) is 26.5 Å². The van der Waals surface area contributed by atoms with E-state index in [9.17, 15) is 4.79 Å². The highest BCUT2D eigenvalue weighted by molar-refractivity contribution is 6.04. The molecule has 1 fully saturated rings. The van der Waals surface area contributed by atoms with Crippen molar-refractivity contribution < 1.29 is 14.3 Å². The number of rotatable bonds is 7. The second kappa shape index (κ2) is 10.0. The van der Waals surface area contributed by atoms with E-state index in [0.29, 0.717) is 23.1 Å². The zero-order chi connectivity index (χ0) is 21.6. The number of carbonyl (C=O) groups is 1. The van der Waals surface area contributed by atoms with Crippen LogP contribution < -0.4 is 14.8 Å². The van der Waals surface area contributed by atoms with Gasteiger partial charge in [-0.25, -0.2) is 4.68 Å². The third-order valence-corrected chi connectivity index (χ3v) is 6.32. The minimum Gasteiger partial charge on any atom is -0.497 e. The lowest BCUT2D eigenvalue weighted by Crippen LogP contribution is -2.38. The van der Waals surface area contributed by atoms with Crippen LogP contribution in [0, 0.1) is 5.92 Å². The van der Waals surface area contributed by atoms with Gasteiger partial charge in [-0.2, -0.15) is 5.10 Å². The fourth-order valence-electron chi connectivity index (χ4n) is 4.57. The molecular formula is C24H32N4O3. The second-order valence-corrected chi connectivity index (χ2v) is 8.40. The lowest BCUT2D eigenvalue weighted by molar-refractivity contribution is 0.102. The molecule has 2 aliphatic rings. The van der Waals surface area contributed by atoms with E-state index >= 15 is 0 Å². The number of piperidine rings is 1. The average molecular weight is 425 g/mol. The Morgan fingerprint density at radius 3 is 2.48 bits per heavy atom. The Kier molecular flexibility index (Phi) is 6.92. The average Bonchev–Trinajstić information content (AvgIpc) is 3.28. The van der Waals surface area contributed by atoms with Gasteiger partial charge in [0.2, 0.25) is 0 Å². The number of hydrogen-bond acceptors (Lipinski definition) is 5. The van der Waals surface area contributed by atoms with Crippen LogP contribution in [0.2, 0.25) is 0 Å². The summed E-state index contributed by atoms with van der Waals surface area (Å²) in [6, 6.07) is 7.32. The molecule has 1 unspecified atom stereocenters. The zero-order valence-corrected chi connectivity index (χ0v) is 18.4. The molecule has 2 aromatic rings. The summed E-state index contributed by atoms with van der Waals surface area (Å²) in [4.78, 5) is 15.5. The van der Waals surface area contributed by atoms with Gasteiger partial charge in [-0.3, -0.25) is 4.79 Å². The molecule has 1 aromatic heterocycles. The molecule has 0 spiro atoms. The maximum Gasteiger partial charge on any atom is 0.257 e. The summed E-state index contributed by atoms with van der Waals surface area (Å²) < 4.78 is 12.5. The van der Waals surface area contributed by atoms with Crippen LogP contribution >= 0.6 is 0 Å². The molecule has 0 bridgehead atoms. The third-order valence-electron chi connectivity index (χ3n) is 6.32.